The van der Waals surface area contributed by atoms with Crippen LogP contribution >= 0.6 is 15.9 Å². The van der Waals surface area contributed by atoms with Crippen LogP contribution < -0.4 is 9.47 Å². The molecule has 0 aliphatic rings. The molecule has 0 radical (unpaired) electrons. The zero-order valence-electron chi connectivity index (χ0n) is 17.9. The minimum Gasteiger partial charge on any atom is -0.492 e. The zero-order chi connectivity index (χ0) is 22.5. The second kappa shape index (κ2) is 9.88. The Kier molecular flexibility index (Phi) is 6.35. The van der Waals surface area contributed by atoms with Gasteiger partial charge in [0.15, 0.2) is 0 Å². The highest BCUT2D eigenvalue weighted by atomic mass is 79.9. The molecule has 0 spiro atoms. The summed E-state index contributed by atoms with van der Waals surface area (Å²) in [4.78, 5) is 4.16. The van der Waals surface area contributed by atoms with Crippen molar-refractivity contribution in [2.45, 2.75) is 13.2 Å². The first-order chi connectivity index (χ1) is 16.2. The van der Waals surface area contributed by atoms with Crippen LogP contribution in [0.15, 0.2) is 102 Å². The lowest BCUT2D eigenvalue weighted by molar-refractivity contribution is 0.246. The second-order valence-corrected chi connectivity index (χ2v) is 8.52. The summed E-state index contributed by atoms with van der Waals surface area (Å²) in [5.41, 5.74) is 2.92. The number of fused-ring (bicyclic) bond motifs is 1. The van der Waals surface area contributed by atoms with Crippen LogP contribution in [0.3, 0.4) is 0 Å². The van der Waals surface area contributed by atoms with Gasteiger partial charge in [-0.05, 0) is 41.1 Å². The molecule has 0 saturated carbocycles. The Hall–Kier alpha value is -3.64. The van der Waals surface area contributed by atoms with Gasteiger partial charge in [-0.25, -0.2) is 4.68 Å². The predicted octanol–water partition coefficient (Wildman–Crippen LogP) is 6.52. The molecule has 2 aromatic heterocycles. The number of ether oxygens (including phenoxy) is 2. The van der Waals surface area contributed by atoms with Gasteiger partial charge in [0.25, 0.3) is 0 Å². The molecule has 5 nitrogen and oxygen atoms in total. The topological polar surface area (TPSA) is 49.2 Å². The van der Waals surface area contributed by atoms with Crippen LogP contribution in [-0.4, -0.2) is 21.4 Å². The number of halogens is 1. The molecular formula is C27H22BrN3O2. The van der Waals surface area contributed by atoms with Gasteiger partial charge in [-0.3, -0.25) is 4.98 Å². The first-order valence-electron chi connectivity index (χ1n) is 10.7. The fourth-order valence-electron chi connectivity index (χ4n) is 3.60. The maximum absolute atomic E-state index is 6.10. The van der Waals surface area contributed by atoms with Crippen molar-refractivity contribution in [2.75, 3.05) is 6.61 Å². The molecule has 0 unspecified atom stereocenters. The lowest BCUT2D eigenvalue weighted by atomic mass is 10.1. The van der Waals surface area contributed by atoms with Crippen LogP contribution in [0.2, 0.25) is 0 Å². The Morgan fingerprint density at radius 3 is 2.52 bits per heavy atom. The summed E-state index contributed by atoms with van der Waals surface area (Å²) >= 11 is 3.52. The van der Waals surface area contributed by atoms with Crippen molar-refractivity contribution in [1.29, 1.82) is 0 Å². The number of pyridine rings is 1. The lowest BCUT2D eigenvalue weighted by Gasteiger charge is -2.11. The highest BCUT2D eigenvalue weighted by molar-refractivity contribution is 9.10. The first-order valence-corrected chi connectivity index (χ1v) is 11.5. The fraction of sp³-hybridized carbons (Fsp3) is 0.111. The highest BCUT2D eigenvalue weighted by Crippen LogP contribution is 2.26. The molecule has 3 aromatic carbocycles. The summed E-state index contributed by atoms with van der Waals surface area (Å²) in [6, 6.07) is 28.3. The van der Waals surface area contributed by atoms with Gasteiger partial charge in [-0.1, -0.05) is 64.5 Å². The molecule has 0 aliphatic heterocycles. The van der Waals surface area contributed by atoms with Gasteiger partial charge in [0.1, 0.15) is 19.0 Å². The standard InChI is InChI=1S/C27H22BrN3O2/c28-24-10-8-23-16-25(11-9-22(23)15-24)32-14-13-31-27(33-19-20-5-4-12-29-18-20)17-26(30-31)21-6-2-1-3-7-21/h1-12,15-18H,13-14,19H2. The second-order valence-electron chi connectivity index (χ2n) is 7.61. The van der Waals surface area contributed by atoms with Gasteiger partial charge in [-0.15, -0.1) is 0 Å². The largest absolute Gasteiger partial charge is 0.492 e. The molecule has 0 saturated heterocycles. The molecule has 5 rings (SSSR count). The van der Waals surface area contributed by atoms with E-state index in [1.807, 2.05) is 65.3 Å². The smallest absolute Gasteiger partial charge is 0.212 e. The van der Waals surface area contributed by atoms with Gasteiger partial charge >= 0.3 is 0 Å². The highest BCUT2D eigenvalue weighted by Gasteiger charge is 2.11. The molecule has 0 atom stereocenters. The molecule has 0 N–H and O–H groups in total. The number of nitrogens with zero attached hydrogens (tertiary/aromatic N) is 3. The maximum Gasteiger partial charge on any atom is 0.212 e. The minimum atomic E-state index is 0.425. The van der Waals surface area contributed by atoms with Crippen LogP contribution in [0.4, 0.5) is 0 Å². The average Bonchev–Trinajstić information content (AvgIpc) is 3.27. The Bertz CT molecular complexity index is 1350. The number of hydrogen-bond donors (Lipinski definition) is 0. The monoisotopic (exact) mass is 499 g/mol. The van der Waals surface area contributed by atoms with Crippen molar-refractivity contribution in [1.82, 2.24) is 14.8 Å². The molecule has 0 aliphatic carbocycles. The summed E-state index contributed by atoms with van der Waals surface area (Å²) in [6.07, 6.45) is 3.56. The molecular weight excluding hydrogens is 478 g/mol. The van der Waals surface area contributed by atoms with Crippen LogP contribution in [0.1, 0.15) is 5.56 Å². The van der Waals surface area contributed by atoms with Crippen molar-refractivity contribution < 1.29 is 9.47 Å². The van der Waals surface area contributed by atoms with Crippen molar-refractivity contribution in [2.24, 2.45) is 0 Å². The zero-order valence-corrected chi connectivity index (χ0v) is 19.5. The van der Waals surface area contributed by atoms with E-state index in [0.717, 1.165) is 32.4 Å². The normalized spacial score (nSPS) is 10.9. The first kappa shape index (κ1) is 21.2. The third kappa shape index (κ3) is 5.23. The van der Waals surface area contributed by atoms with E-state index in [2.05, 4.69) is 45.2 Å². The Morgan fingerprint density at radius 2 is 1.67 bits per heavy atom. The average molecular weight is 500 g/mol. The van der Waals surface area contributed by atoms with Crippen molar-refractivity contribution in [3.63, 3.8) is 0 Å². The van der Waals surface area contributed by atoms with E-state index in [4.69, 9.17) is 14.6 Å². The Morgan fingerprint density at radius 1 is 0.818 bits per heavy atom. The molecule has 164 valence electrons. The van der Waals surface area contributed by atoms with Crippen LogP contribution in [0.25, 0.3) is 22.0 Å². The third-order valence-corrected chi connectivity index (χ3v) is 5.76. The maximum atomic E-state index is 6.10. The fourth-order valence-corrected chi connectivity index (χ4v) is 3.98. The van der Waals surface area contributed by atoms with Gasteiger partial charge in [-0.2, -0.15) is 5.10 Å². The van der Waals surface area contributed by atoms with Gasteiger partial charge in [0, 0.05) is 34.1 Å². The predicted molar refractivity (Wildman–Crippen MR) is 133 cm³/mol. The van der Waals surface area contributed by atoms with Crippen LogP contribution in [0, 0.1) is 0 Å². The summed E-state index contributed by atoms with van der Waals surface area (Å²) in [5, 5.41) is 7.08. The minimum absolute atomic E-state index is 0.425. The SMILES string of the molecule is Brc1ccc2cc(OCCn3nc(-c4ccccc4)cc3OCc3cccnc3)ccc2c1. The molecule has 0 amide bonds. The van der Waals surface area contributed by atoms with Crippen molar-refractivity contribution in [3.8, 4) is 22.9 Å². The molecule has 0 fully saturated rings. The van der Waals surface area contributed by atoms with E-state index in [1.54, 1.807) is 12.4 Å². The quantitative estimate of drug-likeness (QED) is 0.244. The van der Waals surface area contributed by atoms with Crippen molar-refractivity contribution >= 4 is 26.7 Å². The Balaban J connectivity index is 1.31. The van der Waals surface area contributed by atoms with Gasteiger partial charge < -0.3 is 9.47 Å². The number of hydrogen-bond acceptors (Lipinski definition) is 4. The van der Waals surface area contributed by atoms with E-state index in [1.165, 1.54) is 5.39 Å². The summed E-state index contributed by atoms with van der Waals surface area (Å²) < 4.78 is 15.1. The number of aromatic nitrogens is 3. The Labute approximate surface area is 200 Å². The molecule has 0 bridgehead atoms. The van der Waals surface area contributed by atoms with Gasteiger partial charge in [0.05, 0.1) is 12.2 Å². The molecule has 2 heterocycles. The molecule has 33 heavy (non-hydrogen) atoms. The van der Waals surface area contributed by atoms with E-state index < -0.39 is 0 Å². The van der Waals surface area contributed by atoms with E-state index in [9.17, 15) is 0 Å². The number of rotatable bonds is 8. The summed E-state index contributed by atoms with van der Waals surface area (Å²) in [7, 11) is 0. The van der Waals surface area contributed by atoms with Gasteiger partial charge in [0.2, 0.25) is 5.88 Å². The van der Waals surface area contributed by atoms with E-state index >= 15 is 0 Å². The molecule has 6 heteroatoms. The summed E-state index contributed by atoms with van der Waals surface area (Å²) in [6.45, 7) is 1.46. The lowest BCUT2D eigenvalue weighted by Crippen LogP contribution is -2.11. The van der Waals surface area contributed by atoms with E-state index in [-0.39, 0.29) is 0 Å². The van der Waals surface area contributed by atoms with Crippen LogP contribution in [-0.2, 0) is 13.2 Å². The van der Waals surface area contributed by atoms with Crippen LogP contribution in [0.5, 0.6) is 11.6 Å². The third-order valence-electron chi connectivity index (χ3n) is 5.27. The van der Waals surface area contributed by atoms with E-state index in [0.29, 0.717) is 25.6 Å². The van der Waals surface area contributed by atoms with Crippen molar-refractivity contribution in [3.05, 3.63) is 107 Å². The number of benzene rings is 3. The molecule has 5 aromatic rings. The summed E-state index contributed by atoms with van der Waals surface area (Å²) in [5.74, 6) is 1.53.